The molecular weight excluding hydrogens is 362 g/mol. The Hall–Kier alpha value is -1.88. The zero-order chi connectivity index (χ0) is 20.1. The van der Waals surface area contributed by atoms with E-state index >= 15 is 0 Å². The third-order valence-corrected chi connectivity index (χ3v) is 6.81. The fourth-order valence-corrected chi connectivity index (χ4v) is 5.37. The molecule has 2 aromatic rings. The quantitative estimate of drug-likeness (QED) is 0.751. The van der Waals surface area contributed by atoms with E-state index in [1.54, 1.807) is 0 Å². The molecule has 1 heterocycles. The first-order valence-corrected chi connectivity index (χ1v) is 11.6. The smallest absolute Gasteiger partial charge is 0.243 e. The van der Waals surface area contributed by atoms with Crippen molar-refractivity contribution >= 4 is 16.9 Å². The minimum Gasteiger partial charge on any atom is -0.396 e. The lowest BCUT2D eigenvalue weighted by Crippen LogP contribution is -2.50. The molecule has 29 heavy (non-hydrogen) atoms. The molecule has 5 nitrogen and oxygen atoms in total. The highest BCUT2D eigenvalue weighted by Gasteiger charge is 2.32. The number of benzene rings is 1. The maximum Gasteiger partial charge on any atom is 0.243 e. The molecule has 1 N–H and O–H groups in total. The molecule has 5 heteroatoms. The van der Waals surface area contributed by atoms with Gasteiger partial charge in [0.1, 0.15) is 12.4 Å². The summed E-state index contributed by atoms with van der Waals surface area (Å²) in [5.41, 5.74) is 1.97. The lowest BCUT2D eigenvalue weighted by atomic mass is 9.88. The van der Waals surface area contributed by atoms with Gasteiger partial charge in [-0.25, -0.2) is 4.98 Å². The molecular formula is C24H35N3O2. The van der Waals surface area contributed by atoms with E-state index in [9.17, 15) is 9.90 Å². The van der Waals surface area contributed by atoms with Gasteiger partial charge < -0.3 is 14.6 Å². The summed E-state index contributed by atoms with van der Waals surface area (Å²) in [6.07, 6.45) is 13.6. The van der Waals surface area contributed by atoms with Gasteiger partial charge in [0.05, 0.1) is 11.0 Å². The van der Waals surface area contributed by atoms with Crippen LogP contribution in [0.3, 0.4) is 0 Å². The summed E-state index contributed by atoms with van der Waals surface area (Å²) in [6, 6.07) is 8.90. The molecule has 0 unspecified atom stereocenters. The molecule has 0 radical (unpaired) electrons. The zero-order valence-corrected chi connectivity index (χ0v) is 17.6. The number of rotatable bonds is 7. The van der Waals surface area contributed by atoms with Crippen LogP contribution in [0.15, 0.2) is 24.3 Å². The Morgan fingerprint density at radius 3 is 2.24 bits per heavy atom. The van der Waals surface area contributed by atoms with Crippen LogP contribution in [-0.4, -0.2) is 44.2 Å². The molecule has 1 amide bonds. The van der Waals surface area contributed by atoms with Gasteiger partial charge >= 0.3 is 0 Å². The SMILES string of the molecule is O=C(Cn1c(CCCO)nc2ccccc21)N(C1CCCCC1)C1CCCCC1. The van der Waals surface area contributed by atoms with E-state index in [1.165, 1.54) is 38.5 Å². The van der Waals surface area contributed by atoms with E-state index in [1.807, 2.05) is 18.2 Å². The van der Waals surface area contributed by atoms with Gasteiger partial charge in [0.15, 0.2) is 0 Å². The van der Waals surface area contributed by atoms with Crippen LogP contribution in [0.5, 0.6) is 0 Å². The van der Waals surface area contributed by atoms with Crippen LogP contribution in [-0.2, 0) is 17.8 Å². The molecule has 2 saturated carbocycles. The lowest BCUT2D eigenvalue weighted by Gasteiger charge is -2.42. The molecule has 2 fully saturated rings. The number of amides is 1. The number of nitrogens with zero attached hydrogens (tertiary/aromatic N) is 3. The number of aryl methyl sites for hydroxylation is 1. The van der Waals surface area contributed by atoms with Gasteiger partial charge in [-0.3, -0.25) is 4.79 Å². The largest absolute Gasteiger partial charge is 0.396 e. The van der Waals surface area contributed by atoms with Crippen LogP contribution in [0, 0.1) is 0 Å². The van der Waals surface area contributed by atoms with Gasteiger partial charge in [-0.15, -0.1) is 0 Å². The van der Waals surface area contributed by atoms with Crippen molar-refractivity contribution in [3.63, 3.8) is 0 Å². The van der Waals surface area contributed by atoms with Crippen molar-refractivity contribution in [2.45, 2.75) is 95.7 Å². The van der Waals surface area contributed by atoms with Crippen molar-refractivity contribution < 1.29 is 9.90 Å². The van der Waals surface area contributed by atoms with Gasteiger partial charge in [0.2, 0.25) is 5.91 Å². The third kappa shape index (κ3) is 4.66. The molecule has 0 bridgehead atoms. The molecule has 0 atom stereocenters. The first-order chi connectivity index (χ1) is 14.3. The summed E-state index contributed by atoms with van der Waals surface area (Å²) < 4.78 is 2.10. The summed E-state index contributed by atoms with van der Waals surface area (Å²) >= 11 is 0. The number of carbonyl (C=O) groups excluding carboxylic acids is 1. The monoisotopic (exact) mass is 397 g/mol. The van der Waals surface area contributed by atoms with Crippen molar-refractivity contribution in [3.8, 4) is 0 Å². The van der Waals surface area contributed by atoms with E-state index in [-0.39, 0.29) is 12.5 Å². The Bertz CT molecular complexity index is 786. The fraction of sp³-hybridized carbons (Fsp3) is 0.667. The zero-order valence-electron chi connectivity index (χ0n) is 17.6. The minimum atomic E-state index is 0.146. The van der Waals surface area contributed by atoms with Crippen LogP contribution < -0.4 is 0 Å². The number of aliphatic hydroxyl groups excluding tert-OH is 1. The summed E-state index contributed by atoms with van der Waals surface area (Å²) in [7, 11) is 0. The number of carbonyl (C=O) groups is 1. The molecule has 0 aliphatic heterocycles. The Kier molecular flexibility index (Phi) is 6.86. The predicted octanol–water partition coefficient (Wildman–Crippen LogP) is 4.46. The van der Waals surface area contributed by atoms with E-state index in [2.05, 4.69) is 15.5 Å². The molecule has 1 aromatic carbocycles. The lowest BCUT2D eigenvalue weighted by molar-refractivity contribution is -0.138. The van der Waals surface area contributed by atoms with E-state index in [4.69, 9.17) is 4.98 Å². The summed E-state index contributed by atoms with van der Waals surface area (Å²) in [6.45, 7) is 0.516. The van der Waals surface area contributed by atoms with Gasteiger partial charge in [0, 0.05) is 25.1 Å². The van der Waals surface area contributed by atoms with E-state index < -0.39 is 0 Å². The van der Waals surface area contributed by atoms with Gasteiger partial charge in [-0.05, 0) is 44.2 Å². The maximum absolute atomic E-state index is 13.7. The summed E-state index contributed by atoms with van der Waals surface area (Å²) in [5, 5.41) is 9.29. The first kappa shape index (κ1) is 20.4. The van der Waals surface area contributed by atoms with Crippen LogP contribution in [0.1, 0.15) is 76.5 Å². The van der Waals surface area contributed by atoms with Crippen LogP contribution in [0.4, 0.5) is 0 Å². The predicted molar refractivity (Wildman–Crippen MR) is 116 cm³/mol. The number of imidazole rings is 1. The highest BCUT2D eigenvalue weighted by Crippen LogP contribution is 2.31. The molecule has 0 spiro atoms. The van der Waals surface area contributed by atoms with Crippen LogP contribution >= 0.6 is 0 Å². The van der Waals surface area contributed by atoms with Crippen LogP contribution in [0.25, 0.3) is 11.0 Å². The number of hydrogen-bond donors (Lipinski definition) is 1. The average Bonchev–Trinajstić information content (AvgIpc) is 3.11. The second-order valence-electron chi connectivity index (χ2n) is 8.81. The highest BCUT2D eigenvalue weighted by atomic mass is 16.3. The molecule has 2 aliphatic carbocycles. The van der Waals surface area contributed by atoms with Crippen LogP contribution in [0.2, 0.25) is 0 Å². The van der Waals surface area contributed by atoms with Crippen molar-refractivity contribution in [3.05, 3.63) is 30.1 Å². The van der Waals surface area contributed by atoms with Crippen molar-refractivity contribution in [1.82, 2.24) is 14.5 Å². The topological polar surface area (TPSA) is 58.4 Å². The second-order valence-corrected chi connectivity index (χ2v) is 8.81. The Morgan fingerprint density at radius 2 is 1.62 bits per heavy atom. The van der Waals surface area contributed by atoms with Gasteiger partial charge in [-0.2, -0.15) is 0 Å². The first-order valence-electron chi connectivity index (χ1n) is 11.6. The standard InChI is InChI=1S/C24H35N3O2/c28-17-9-16-23-25-21-14-7-8-15-22(21)26(23)18-24(29)27(19-10-3-1-4-11-19)20-12-5-2-6-13-20/h7-8,14-15,19-20,28H,1-6,9-13,16-18H2. The molecule has 0 saturated heterocycles. The van der Waals surface area contributed by atoms with Crippen molar-refractivity contribution in [1.29, 1.82) is 0 Å². The number of hydrogen-bond acceptors (Lipinski definition) is 3. The number of para-hydroxylation sites is 2. The molecule has 1 aromatic heterocycles. The summed E-state index contributed by atoms with van der Waals surface area (Å²) in [4.78, 5) is 20.8. The number of fused-ring (bicyclic) bond motifs is 1. The van der Waals surface area contributed by atoms with Gasteiger partial charge in [0.25, 0.3) is 0 Å². The van der Waals surface area contributed by atoms with E-state index in [0.717, 1.165) is 42.5 Å². The third-order valence-electron chi connectivity index (χ3n) is 6.81. The Morgan fingerprint density at radius 1 is 1.00 bits per heavy atom. The molecule has 2 aliphatic rings. The highest BCUT2D eigenvalue weighted by molar-refractivity contribution is 5.81. The summed E-state index contributed by atoms with van der Waals surface area (Å²) in [5.74, 6) is 1.18. The normalized spacial score (nSPS) is 18.9. The van der Waals surface area contributed by atoms with Crippen molar-refractivity contribution in [2.24, 2.45) is 0 Å². The number of aliphatic hydroxyl groups is 1. The molecule has 4 rings (SSSR count). The minimum absolute atomic E-state index is 0.146. The second kappa shape index (κ2) is 9.75. The fourth-order valence-electron chi connectivity index (χ4n) is 5.37. The average molecular weight is 398 g/mol. The molecule has 158 valence electrons. The Labute approximate surface area is 174 Å². The number of aromatic nitrogens is 2. The van der Waals surface area contributed by atoms with E-state index in [0.29, 0.717) is 31.5 Å². The van der Waals surface area contributed by atoms with Crippen molar-refractivity contribution in [2.75, 3.05) is 6.61 Å². The van der Waals surface area contributed by atoms with Gasteiger partial charge in [-0.1, -0.05) is 50.7 Å². The Balaban J connectivity index is 1.61. The maximum atomic E-state index is 13.7.